The molecule has 4 aromatic rings. The van der Waals surface area contributed by atoms with Crippen molar-refractivity contribution in [2.24, 2.45) is 0 Å². The number of hydrogen-bond acceptors (Lipinski definition) is 5. The third kappa shape index (κ3) is 3.32. The number of benzene rings is 1. The van der Waals surface area contributed by atoms with Crippen molar-refractivity contribution in [1.82, 2.24) is 14.5 Å². The molecule has 0 aliphatic rings. The van der Waals surface area contributed by atoms with Crippen molar-refractivity contribution in [2.75, 3.05) is 13.7 Å². The van der Waals surface area contributed by atoms with Gasteiger partial charge in [-0.1, -0.05) is 12.1 Å². The zero-order valence-corrected chi connectivity index (χ0v) is 16.8. The number of rotatable bonds is 6. The lowest BCUT2D eigenvalue weighted by Gasteiger charge is -2.08. The van der Waals surface area contributed by atoms with Gasteiger partial charge in [0.2, 0.25) is 0 Å². The maximum absolute atomic E-state index is 5.23. The molecule has 0 radical (unpaired) electrons. The Morgan fingerprint density at radius 2 is 1.96 bits per heavy atom. The van der Waals surface area contributed by atoms with Gasteiger partial charge < -0.3 is 9.30 Å². The molecule has 0 aliphatic carbocycles. The number of methoxy groups -OCH3 is 1. The number of ether oxygens (including phenoxy) is 1. The van der Waals surface area contributed by atoms with E-state index in [9.17, 15) is 0 Å². The molecule has 3 aromatic heterocycles. The van der Waals surface area contributed by atoms with Gasteiger partial charge in [-0.05, 0) is 32.0 Å². The largest absolute Gasteiger partial charge is 0.383 e. The Balaban J connectivity index is 1.58. The molecule has 0 fully saturated rings. The summed E-state index contributed by atoms with van der Waals surface area (Å²) in [5, 5.41) is 4.39. The molecule has 6 heteroatoms. The molecule has 0 spiro atoms. The molecular weight excluding hydrogens is 362 g/mol. The van der Waals surface area contributed by atoms with Crippen LogP contribution in [0.15, 0.2) is 35.7 Å². The molecule has 0 atom stereocenters. The summed E-state index contributed by atoms with van der Waals surface area (Å²) in [6.07, 6.45) is 0.798. The minimum absolute atomic E-state index is 0.718. The summed E-state index contributed by atoms with van der Waals surface area (Å²) in [5.74, 6) is 0. The molecule has 0 saturated heterocycles. The Kier molecular flexibility index (Phi) is 4.89. The lowest BCUT2D eigenvalue weighted by Crippen LogP contribution is -2.07. The standard InChI is InChI=1S/C20H21N3OS2/c1-13-10-15(14(2)23(13)8-9-24-3)17-12-25-19(22-17)11-20-21-16-6-4-5-7-18(16)26-20/h4-7,10,12H,8-9,11H2,1-3H3. The average molecular weight is 384 g/mol. The lowest BCUT2D eigenvalue weighted by molar-refractivity contribution is 0.186. The fraction of sp³-hybridized carbons (Fsp3) is 0.300. The van der Waals surface area contributed by atoms with Crippen LogP contribution in [0.3, 0.4) is 0 Å². The summed E-state index contributed by atoms with van der Waals surface area (Å²) in [4.78, 5) is 9.61. The highest BCUT2D eigenvalue weighted by Gasteiger charge is 2.14. The average Bonchev–Trinajstić information content (AvgIpc) is 3.32. The van der Waals surface area contributed by atoms with Gasteiger partial charge in [0.05, 0.1) is 28.9 Å². The predicted octanol–water partition coefficient (Wildman–Crippen LogP) is 5.08. The first-order valence-corrected chi connectivity index (χ1v) is 10.3. The number of fused-ring (bicyclic) bond motifs is 1. The van der Waals surface area contributed by atoms with Gasteiger partial charge in [-0.2, -0.15) is 0 Å². The molecule has 4 nitrogen and oxygen atoms in total. The van der Waals surface area contributed by atoms with Gasteiger partial charge in [0.25, 0.3) is 0 Å². The summed E-state index contributed by atoms with van der Waals surface area (Å²) in [5.41, 5.74) is 5.84. The summed E-state index contributed by atoms with van der Waals surface area (Å²) < 4.78 is 8.76. The second-order valence-electron chi connectivity index (χ2n) is 6.31. The smallest absolute Gasteiger partial charge is 0.101 e. The highest BCUT2D eigenvalue weighted by molar-refractivity contribution is 7.18. The van der Waals surface area contributed by atoms with Crippen LogP contribution in [0.4, 0.5) is 0 Å². The molecule has 0 aliphatic heterocycles. The SMILES string of the molecule is COCCn1c(C)cc(-c2csc(Cc3nc4ccccc4s3)n2)c1C. The Hall–Kier alpha value is -2.02. The van der Waals surface area contributed by atoms with Gasteiger partial charge in [0.15, 0.2) is 0 Å². The van der Waals surface area contributed by atoms with Crippen LogP contribution in [-0.4, -0.2) is 28.3 Å². The van der Waals surface area contributed by atoms with E-state index < -0.39 is 0 Å². The molecule has 1 aromatic carbocycles. The van der Waals surface area contributed by atoms with Crippen LogP contribution >= 0.6 is 22.7 Å². The van der Waals surface area contributed by atoms with E-state index in [1.54, 1.807) is 29.8 Å². The normalized spacial score (nSPS) is 11.5. The van der Waals surface area contributed by atoms with E-state index in [2.05, 4.69) is 48.1 Å². The quantitative estimate of drug-likeness (QED) is 0.466. The molecule has 134 valence electrons. The summed E-state index contributed by atoms with van der Waals surface area (Å²) in [6, 6.07) is 10.5. The predicted molar refractivity (Wildman–Crippen MR) is 109 cm³/mol. The lowest BCUT2D eigenvalue weighted by atomic mass is 10.2. The Labute approximate surface area is 161 Å². The van der Waals surface area contributed by atoms with Crippen molar-refractivity contribution < 1.29 is 4.74 Å². The van der Waals surface area contributed by atoms with Crippen molar-refractivity contribution >= 4 is 32.9 Å². The third-order valence-electron chi connectivity index (χ3n) is 4.56. The Morgan fingerprint density at radius 3 is 2.77 bits per heavy atom. The van der Waals surface area contributed by atoms with Crippen molar-refractivity contribution in [2.45, 2.75) is 26.8 Å². The monoisotopic (exact) mass is 383 g/mol. The number of aryl methyl sites for hydroxylation is 1. The first kappa shape index (κ1) is 17.4. The third-order valence-corrected chi connectivity index (χ3v) is 6.45. The van der Waals surface area contributed by atoms with Crippen molar-refractivity contribution in [3.63, 3.8) is 0 Å². The minimum Gasteiger partial charge on any atom is -0.383 e. The van der Waals surface area contributed by atoms with Gasteiger partial charge in [0.1, 0.15) is 10.0 Å². The second-order valence-corrected chi connectivity index (χ2v) is 8.37. The summed E-state index contributed by atoms with van der Waals surface area (Å²) >= 11 is 3.47. The maximum Gasteiger partial charge on any atom is 0.101 e. The molecule has 0 N–H and O–H groups in total. The van der Waals surface area contributed by atoms with E-state index in [-0.39, 0.29) is 0 Å². The van der Waals surface area contributed by atoms with E-state index in [1.165, 1.54) is 21.7 Å². The fourth-order valence-corrected chi connectivity index (χ4v) is 5.09. The van der Waals surface area contributed by atoms with Crippen LogP contribution in [0.5, 0.6) is 0 Å². The van der Waals surface area contributed by atoms with Crippen LogP contribution in [0.2, 0.25) is 0 Å². The van der Waals surface area contributed by atoms with E-state index in [4.69, 9.17) is 14.7 Å². The highest BCUT2D eigenvalue weighted by Crippen LogP contribution is 2.30. The molecule has 0 unspecified atom stereocenters. The van der Waals surface area contributed by atoms with Crippen LogP contribution < -0.4 is 0 Å². The zero-order valence-electron chi connectivity index (χ0n) is 15.2. The maximum atomic E-state index is 5.23. The van der Waals surface area contributed by atoms with E-state index in [0.717, 1.165) is 40.8 Å². The summed E-state index contributed by atoms with van der Waals surface area (Å²) in [7, 11) is 1.74. The molecular formula is C20H21N3OS2. The molecule has 3 heterocycles. The Morgan fingerprint density at radius 1 is 1.12 bits per heavy atom. The number of hydrogen-bond donors (Lipinski definition) is 0. The number of thiazole rings is 2. The van der Waals surface area contributed by atoms with Crippen molar-refractivity contribution in [3.8, 4) is 11.3 Å². The topological polar surface area (TPSA) is 39.9 Å². The van der Waals surface area contributed by atoms with Gasteiger partial charge in [0, 0.05) is 36.0 Å². The van der Waals surface area contributed by atoms with Crippen LogP contribution in [-0.2, 0) is 17.7 Å². The van der Waals surface area contributed by atoms with Crippen LogP contribution in [0, 0.1) is 13.8 Å². The van der Waals surface area contributed by atoms with Gasteiger partial charge >= 0.3 is 0 Å². The first-order valence-electron chi connectivity index (χ1n) is 8.60. The van der Waals surface area contributed by atoms with E-state index in [1.807, 2.05) is 6.07 Å². The molecule has 0 bridgehead atoms. The van der Waals surface area contributed by atoms with E-state index in [0.29, 0.717) is 0 Å². The second kappa shape index (κ2) is 7.31. The minimum atomic E-state index is 0.718. The molecule has 0 saturated carbocycles. The molecule has 0 amide bonds. The van der Waals surface area contributed by atoms with Gasteiger partial charge in [-0.15, -0.1) is 22.7 Å². The Bertz CT molecular complexity index is 1010. The van der Waals surface area contributed by atoms with Crippen molar-refractivity contribution in [3.05, 3.63) is 57.1 Å². The number of para-hydroxylation sites is 1. The van der Waals surface area contributed by atoms with Crippen LogP contribution in [0.25, 0.3) is 21.5 Å². The molecule has 4 rings (SSSR count). The summed E-state index contributed by atoms with van der Waals surface area (Å²) in [6.45, 7) is 5.89. The van der Waals surface area contributed by atoms with Crippen LogP contribution in [0.1, 0.15) is 21.4 Å². The van der Waals surface area contributed by atoms with Crippen molar-refractivity contribution in [1.29, 1.82) is 0 Å². The number of aromatic nitrogens is 3. The fourth-order valence-electron chi connectivity index (χ4n) is 3.23. The van der Waals surface area contributed by atoms with Gasteiger partial charge in [-0.25, -0.2) is 9.97 Å². The number of nitrogens with zero attached hydrogens (tertiary/aromatic N) is 3. The van der Waals surface area contributed by atoms with Gasteiger partial charge in [-0.3, -0.25) is 0 Å². The van der Waals surface area contributed by atoms with E-state index >= 15 is 0 Å². The molecule has 26 heavy (non-hydrogen) atoms. The zero-order chi connectivity index (χ0) is 18.1. The first-order chi connectivity index (χ1) is 12.7. The highest BCUT2D eigenvalue weighted by atomic mass is 32.1.